The van der Waals surface area contributed by atoms with Gasteiger partial charge in [0.2, 0.25) is 5.91 Å². The van der Waals surface area contributed by atoms with E-state index in [1.165, 1.54) is 24.3 Å². The fourth-order valence-corrected chi connectivity index (χ4v) is 3.19. The largest absolute Gasteiger partial charge is 0.353 e. The quantitative estimate of drug-likeness (QED) is 0.527. The highest BCUT2D eigenvalue weighted by Crippen LogP contribution is 2.28. The topological polar surface area (TPSA) is 72.9 Å². The van der Waals surface area contributed by atoms with Gasteiger partial charge >= 0.3 is 0 Å². The smallest absolute Gasteiger partial charge is 0.226 e. The summed E-state index contributed by atoms with van der Waals surface area (Å²) in [4.78, 5) is 17.2. The number of benzene rings is 2. The summed E-state index contributed by atoms with van der Waals surface area (Å²) in [6.07, 6.45) is 2.05. The number of nitrogens with one attached hydrogen (secondary N) is 1. The summed E-state index contributed by atoms with van der Waals surface area (Å²) < 4.78 is 42.6. The van der Waals surface area contributed by atoms with Gasteiger partial charge in [0, 0.05) is 31.3 Å². The van der Waals surface area contributed by atoms with Gasteiger partial charge in [0.15, 0.2) is 0 Å². The fraction of sp³-hybridized carbons (Fsp3) is 0.292. The van der Waals surface area contributed by atoms with E-state index in [-0.39, 0.29) is 24.8 Å². The molecule has 0 saturated carbocycles. The van der Waals surface area contributed by atoms with Crippen LogP contribution in [0.4, 0.5) is 13.2 Å². The van der Waals surface area contributed by atoms with E-state index < -0.39 is 17.4 Å². The molecule has 1 radical (unpaired) electrons. The van der Waals surface area contributed by atoms with Crippen LogP contribution < -0.4 is 11.1 Å². The van der Waals surface area contributed by atoms with Crippen molar-refractivity contribution in [2.75, 3.05) is 13.1 Å². The van der Waals surface area contributed by atoms with Crippen LogP contribution in [0.25, 0.3) is 11.3 Å². The third kappa shape index (κ3) is 5.97. The molecule has 3 N–H and O–H groups in total. The van der Waals surface area contributed by atoms with Crippen molar-refractivity contribution in [3.05, 3.63) is 84.2 Å². The summed E-state index contributed by atoms with van der Waals surface area (Å²) in [7, 11) is 0. The Morgan fingerprint density at radius 3 is 2.53 bits per heavy atom. The molecule has 1 heterocycles. The summed E-state index contributed by atoms with van der Waals surface area (Å²) in [6.45, 7) is 3.30. The number of carbonyl (C=O) groups is 1. The van der Waals surface area contributed by atoms with Gasteiger partial charge in [-0.05, 0) is 29.8 Å². The highest BCUT2D eigenvalue weighted by atomic mass is 19.1. The van der Waals surface area contributed by atoms with Gasteiger partial charge in [-0.2, -0.15) is 0 Å². The lowest BCUT2D eigenvalue weighted by Gasteiger charge is -2.23. The Labute approximate surface area is 185 Å². The Hall–Kier alpha value is -3.13. The van der Waals surface area contributed by atoms with Gasteiger partial charge < -0.3 is 15.6 Å². The van der Waals surface area contributed by atoms with Crippen LogP contribution in [0.1, 0.15) is 25.2 Å². The molecule has 0 spiro atoms. The van der Waals surface area contributed by atoms with Crippen LogP contribution in [0.5, 0.6) is 0 Å². The third-order valence-corrected chi connectivity index (χ3v) is 4.98. The molecule has 0 fully saturated rings. The molecule has 1 amide bonds. The second-order valence-corrected chi connectivity index (χ2v) is 8.16. The molecular weight excluding hydrogens is 417 g/mol. The van der Waals surface area contributed by atoms with Crippen LogP contribution in [0.15, 0.2) is 54.7 Å². The van der Waals surface area contributed by atoms with Crippen molar-refractivity contribution < 1.29 is 18.0 Å². The lowest BCUT2D eigenvalue weighted by Crippen LogP contribution is -2.42. The molecule has 2 aromatic carbocycles. The van der Waals surface area contributed by atoms with Crippen LogP contribution in [0, 0.1) is 23.5 Å². The zero-order valence-electron chi connectivity index (χ0n) is 18.0. The van der Waals surface area contributed by atoms with Crippen molar-refractivity contribution in [1.29, 1.82) is 0 Å². The molecule has 5 nitrogen and oxygen atoms in total. The second-order valence-electron chi connectivity index (χ2n) is 8.16. The molecule has 3 aromatic rings. The number of halogens is 3. The summed E-state index contributed by atoms with van der Waals surface area (Å²) in [6, 6.07) is 12.2. The number of hydrogen-bond donors (Lipinski definition) is 2. The highest BCUT2D eigenvalue weighted by Gasteiger charge is 2.31. The number of nitrogens with zero attached hydrogens (tertiary/aromatic N) is 2. The van der Waals surface area contributed by atoms with E-state index in [0.717, 1.165) is 0 Å². The van der Waals surface area contributed by atoms with Crippen molar-refractivity contribution in [2.24, 2.45) is 11.1 Å². The van der Waals surface area contributed by atoms with E-state index in [4.69, 9.17) is 5.73 Å². The molecule has 3 rings (SSSR count). The average Bonchev–Trinajstić information content (AvgIpc) is 3.13. The maximum atomic E-state index is 13.7. The Kier molecular flexibility index (Phi) is 7.35. The molecule has 0 aliphatic carbocycles. The normalized spacial score (nSPS) is 12.6. The fourth-order valence-electron chi connectivity index (χ4n) is 3.19. The number of nitrogens with two attached hydrogens (primary N) is 1. The van der Waals surface area contributed by atoms with Gasteiger partial charge in [0.1, 0.15) is 23.6 Å². The monoisotopic (exact) mass is 443 g/mol. The maximum Gasteiger partial charge on any atom is 0.226 e. The van der Waals surface area contributed by atoms with E-state index in [0.29, 0.717) is 29.2 Å². The molecule has 0 unspecified atom stereocenters. The number of carbonyl (C=O) groups excluding carboxylic acids is 1. The lowest BCUT2D eigenvalue weighted by atomic mass is 9.87. The molecule has 0 aliphatic rings. The number of imidazole rings is 1. The highest BCUT2D eigenvalue weighted by molar-refractivity contribution is 5.83. The van der Waals surface area contributed by atoms with Crippen molar-refractivity contribution in [3.63, 3.8) is 0 Å². The lowest BCUT2D eigenvalue weighted by molar-refractivity contribution is -0.127. The van der Waals surface area contributed by atoms with E-state index in [1.807, 2.05) is 0 Å². The average molecular weight is 443 g/mol. The Morgan fingerprint density at radius 2 is 1.88 bits per heavy atom. The molecule has 8 heteroatoms. The minimum atomic E-state index is -1.33. The zero-order chi connectivity index (χ0) is 23.3. The molecule has 1 atom stereocenters. The Bertz CT molecular complexity index is 1080. The molecule has 0 bridgehead atoms. The first-order chi connectivity index (χ1) is 15.2. The number of amides is 1. The summed E-state index contributed by atoms with van der Waals surface area (Å²) >= 11 is 0. The van der Waals surface area contributed by atoms with Crippen molar-refractivity contribution in [1.82, 2.24) is 14.9 Å². The standard InChI is InChI=1S/C24H26F3N4O/c1-24(2,23(32)29-13-20(27)12-28)11-22-30-21(17-6-4-8-19(26)10-17)15-31(22)14-16-5-3-7-18(25)9-16/h3-11,15,20H,12-14,28H2,1-2H3,(H,29,32)/t20-/m1/s1. The second kappa shape index (κ2) is 9.99. The van der Waals surface area contributed by atoms with E-state index in [2.05, 4.69) is 10.3 Å². The molecule has 0 saturated heterocycles. The number of rotatable bonds is 9. The molecule has 32 heavy (non-hydrogen) atoms. The minimum Gasteiger partial charge on any atom is -0.353 e. The number of aromatic nitrogens is 2. The Morgan fingerprint density at radius 1 is 1.19 bits per heavy atom. The van der Waals surface area contributed by atoms with Crippen molar-refractivity contribution in [3.8, 4) is 11.3 Å². The van der Waals surface area contributed by atoms with Crippen LogP contribution in [0.3, 0.4) is 0 Å². The Balaban J connectivity index is 1.90. The SMILES string of the molecule is CC(C)([CH]c1nc(-c2cccc(F)c2)cn1Cc1cccc(F)c1)C(=O)NC[C@H](F)CN. The first-order valence-corrected chi connectivity index (χ1v) is 10.2. The zero-order valence-corrected chi connectivity index (χ0v) is 18.0. The molecular formula is C24H26F3N4O. The predicted molar refractivity (Wildman–Crippen MR) is 117 cm³/mol. The summed E-state index contributed by atoms with van der Waals surface area (Å²) in [5.41, 5.74) is 6.02. The van der Waals surface area contributed by atoms with Crippen LogP contribution in [0.2, 0.25) is 0 Å². The molecule has 169 valence electrons. The van der Waals surface area contributed by atoms with Crippen molar-refractivity contribution >= 4 is 5.91 Å². The van der Waals surface area contributed by atoms with Gasteiger partial charge in [0.05, 0.1) is 17.7 Å². The number of hydrogen-bond acceptors (Lipinski definition) is 3. The van der Waals surface area contributed by atoms with Gasteiger partial charge in [0.25, 0.3) is 0 Å². The van der Waals surface area contributed by atoms with Gasteiger partial charge in [-0.1, -0.05) is 38.1 Å². The third-order valence-electron chi connectivity index (χ3n) is 4.98. The molecule has 1 aromatic heterocycles. The van der Waals surface area contributed by atoms with Gasteiger partial charge in [-0.25, -0.2) is 18.2 Å². The van der Waals surface area contributed by atoms with E-state index in [1.54, 1.807) is 55.3 Å². The van der Waals surface area contributed by atoms with Gasteiger partial charge in [-0.15, -0.1) is 0 Å². The maximum absolute atomic E-state index is 13.7. The van der Waals surface area contributed by atoms with Crippen molar-refractivity contribution in [2.45, 2.75) is 26.6 Å². The van der Waals surface area contributed by atoms with Crippen LogP contribution in [-0.2, 0) is 11.3 Å². The minimum absolute atomic E-state index is 0.181. The van der Waals surface area contributed by atoms with Crippen LogP contribution >= 0.6 is 0 Å². The molecule has 0 aliphatic heterocycles. The van der Waals surface area contributed by atoms with Gasteiger partial charge in [-0.3, -0.25) is 4.79 Å². The van der Waals surface area contributed by atoms with E-state index in [9.17, 15) is 18.0 Å². The predicted octanol–water partition coefficient (Wildman–Crippen LogP) is 3.87. The first kappa shape index (κ1) is 23.5. The van der Waals surface area contributed by atoms with E-state index >= 15 is 0 Å². The van der Waals surface area contributed by atoms with Crippen LogP contribution in [-0.4, -0.2) is 34.7 Å². The number of alkyl halides is 1. The first-order valence-electron chi connectivity index (χ1n) is 10.2. The summed E-state index contributed by atoms with van der Waals surface area (Å²) in [5.74, 6) is -0.697. The summed E-state index contributed by atoms with van der Waals surface area (Å²) in [5, 5.41) is 2.56.